The second-order valence-corrected chi connectivity index (χ2v) is 2.72. The predicted molar refractivity (Wildman–Crippen MR) is 37.7 cm³/mol. The molecule has 2 aliphatic rings. The van der Waals surface area contributed by atoms with E-state index in [0.29, 0.717) is 0 Å². The number of aliphatic hydroxyl groups excluding tert-OH is 2. The van der Waals surface area contributed by atoms with Crippen LogP contribution in [0.2, 0.25) is 0 Å². The molecule has 4 N–H and O–H groups in total. The van der Waals surface area contributed by atoms with Gasteiger partial charge in [-0.1, -0.05) is 0 Å². The van der Waals surface area contributed by atoms with Gasteiger partial charge in [-0.25, -0.2) is 0 Å². The number of nitrogens with one attached hydrogen (secondary N) is 2. The molecular weight excluding hydrogens is 156 g/mol. The van der Waals surface area contributed by atoms with E-state index in [-0.39, 0.29) is 24.5 Å². The van der Waals surface area contributed by atoms with Crippen molar-refractivity contribution in [3.05, 3.63) is 0 Å². The van der Waals surface area contributed by atoms with Gasteiger partial charge in [-0.2, -0.15) is 0 Å². The summed E-state index contributed by atoms with van der Waals surface area (Å²) in [7, 11) is 0. The van der Waals surface area contributed by atoms with Gasteiger partial charge in [-0.3, -0.25) is 10.9 Å². The summed E-state index contributed by atoms with van der Waals surface area (Å²) in [5.41, 5.74) is 5.75. The van der Waals surface area contributed by atoms with Crippen molar-refractivity contribution in [3.63, 3.8) is 0 Å². The van der Waals surface area contributed by atoms with Crippen LogP contribution in [0.25, 0.3) is 0 Å². The molecule has 1 heterocycles. The fourth-order valence-corrected chi connectivity index (χ4v) is 1.53. The fourth-order valence-electron chi connectivity index (χ4n) is 1.53. The van der Waals surface area contributed by atoms with Crippen LogP contribution in [0.4, 0.5) is 0 Å². The quantitative estimate of drug-likeness (QED) is 0.349. The molecule has 2 bridgehead atoms. The van der Waals surface area contributed by atoms with Gasteiger partial charge in [0.25, 0.3) is 0 Å². The van der Waals surface area contributed by atoms with E-state index < -0.39 is 12.2 Å². The first kappa shape index (κ1) is 8.23. The van der Waals surface area contributed by atoms with Crippen LogP contribution in [0.5, 0.6) is 0 Å². The molecule has 1 saturated heterocycles. The first-order chi connectivity index (χ1) is 4.29. The molecule has 4 atom stereocenters. The summed E-state index contributed by atoms with van der Waals surface area (Å²) in [6.45, 7) is 0. The van der Waals surface area contributed by atoms with Gasteiger partial charge in [-0.05, 0) is 6.42 Å². The van der Waals surface area contributed by atoms with E-state index >= 15 is 0 Å². The summed E-state index contributed by atoms with van der Waals surface area (Å²) in [5, 5.41) is 18.3. The minimum Gasteiger partial charge on any atom is -0.389 e. The van der Waals surface area contributed by atoms with Gasteiger partial charge in [0.15, 0.2) is 0 Å². The van der Waals surface area contributed by atoms with E-state index in [0.717, 1.165) is 6.42 Å². The van der Waals surface area contributed by atoms with Crippen LogP contribution >= 0.6 is 12.4 Å². The Morgan fingerprint density at radius 1 is 1.00 bits per heavy atom. The van der Waals surface area contributed by atoms with Crippen LogP contribution in [0.15, 0.2) is 0 Å². The van der Waals surface area contributed by atoms with Gasteiger partial charge in [0.2, 0.25) is 0 Å². The molecule has 60 valence electrons. The van der Waals surface area contributed by atoms with Crippen molar-refractivity contribution < 1.29 is 10.2 Å². The van der Waals surface area contributed by atoms with Crippen molar-refractivity contribution >= 4 is 12.4 Å². The Morgan fingerprint density at radius 2 is 1.40 bits per heavy atom. The molecule has 4 nitrogen and oxygen atoms in total. The molecule has 0 unspecified atom stereocenters. The standard InChI is InChI=1S/C5H10N2O2.ClH/c8-4-2-1-3(5(4)9)7-6-2;/h2-9H,1H2;1H/t2-,3+,4+,5-;. The lowest BCUT2D eigenvalue weighted by atomic mass is 10.2. The zero-order valence-corrected chi connectivity index (χ0v) is 6.14. The molecule has 10 heavy (non-hydrogen) atoms. The Morgan fingerprint density at radius 3 is 1.60 bits per heavy atom. The van der Waals surface area contributed by atoms with Crippen LogP contribution in [0, 0.1) is 0 Å². The molecule has 0 amide bonds. The van der Waals surface area contributed by atoms with Gasteiger partial charge >= 0.3 is 0 Å². The lowest BCUT2D eigenvalue weighted by molar-refractivity contribution is -0.00441. The minimum atomic E-state index is -0.573. The van der Waals surface area contributed by atoms with Crippen LogP contribution in [0.3, 0.4) is 0 Å². The van der Waals surface area contributed by atoms with Gasteiger partial charge in [0.05, 0.1) is 24.3 Å². The second kappa shape index (κ2) is 2.64. The minimum absolute atomic E-state index is 0. The topological polar surface area (TPSA) is 64.5 Å². The van der Waals surface area contributed by atoms with Crippen LogP contribution in [0.1, 0.15) is 6.42 Å². The molecule has 0 aromatic heterocycles. The molecular formula is C5H11ClN2O2. The Labute approximate surface area is 65.0 Å². The summed E-state index contributed by atoms with van der Waals surface area (Å²) in [5.74, 6) is 0. The van der Waals surface area contributed by atoms with Crippen molar-refractivity contribution in [3.8, 4) is 0 Å². The smallest absolute Gasteiger partial charge is 0.0981 e. The zero-order chi connectivity index (χ0) is 6.43. The van der Waals surface area contributed by atoms with Crippen molar-refractivity contribution in [2.24, 2.45) is 0 Å². The summed E-state index contributed by atoms with van der Waals surface area (Å²) in [6.07, 6.45) is -0.310. The normalized spacial score (nSPS) is 51.0. The summed E-state index contributed by atoms with van der Waals surface area (Å²) < 4.78 is 0. The highest BCUT2D eigenvalue weighted by Gasteiger charge is 2.45. The fraction of sp³-hybridized carbons (Fsp3) is 1.00. The number of fused-ring (bicyclic) bond motifs is 2. The summed E-state index contributed by atoms with van der Waals surface area (Å²) in [4.78, 5) is 0. The second-order valence-electron chi connectivity index (χ2n) is 2.72. The molecule has 0 aromatic carbocycles. The number of aliphatic hydroxyl groups is 2. The van der Waals surface area contributed by atoms with Gasteiger partial charge < -0.3 is 10.2 Å². The SMILES string of the molecule is Cl.O[C@@H]1[C@H](O)[C@@H]2C[C@H]1NN2. The molecule has 0 spiro atoms. The third kappa shape index (κ3) is 0.926. The Bertz CT molecular complexity index is 117. The highest BCUT2D eigenvalue weighted by atomic mass is 35.5. The van der Waals surface area contributed by atoms with E-state index in [2.05, 4.69) is 10.9 Å². The molecule has 2 fully saturated rings. The monoisotopic (exact) mass is 166 g/mol. The number of rotatable bonds is 0. The molecule has 1 aliphatic heterocycles. The average molecular weight is 167 g/mol. The summed E-state index contributed by atoms with van der Waals surface area (Å²) in [6, 6.07) is 0.120. The first-order valence-electron chi connectivity index (χ1n) is 3.16. The van der Waals surface area contributed by atoms with Crippen molar-refractivity contribution in [1.29, 1.82) is 0 Å². The van der Waals surface area contributed by atoms with Crippen LogP contribution in [-0.4, -0.2) is 34.5 Å². The zero-order valence-electron chi connectivity index (χ0n) is 5.32. The number of hydrogen-bond donors (Lipinski definition) is 4. The van der Waals surface area contributed by atoms with E-state index in [1.165, 1.54) is 0 Å². The Kier molecular flexibility index (Phi) is 2.17. The largest absolute Gasteiger partial charge is 0.389 e. The third-order valence-electron chi connectivity index (χ3n) is 2.14. The average Bonchev–Trinajstić information content (AvgIpc) is 2.37. The maximum absolute atomic E-state index is 9.14. The molecule has 0 aromatic rings. The Balaban J connectivity index is 0.000000500. The van der Waals surface area contributed by atoms with Crippen molar-refractivity contribution in [2.45, 2.75) is 30.7 Å². The molecule has 2 rings (SSSR count). The van der Waals surface area contributed by atoms with E-state index in [9.17, 15) is 0 Å². The van der Waals surface area contributed by atoms with E-state index in [1.54, 1.807) is 0 Å². The maximum Gasteiger partial charge on any atom is 0.0981 e. The molecule has 1 aliphatic carbocycles. The van der Waals surface area contributed by atoms with Gasteiger partial charge in [-0.15, -0.1) is 12.4 Å². The van der Waals surface area contributed by atoms with Gasteiger partial charge in [0, 0.05) is 0 Å². The maximum atomic E-state index is 9.14. The van der Waals surface area contributed by atoms with E-state index in [1.807, 2.05) is 0 Å². The highest BCUT2D eigenvalue weighted by Crippen LogP contribution is 2.24. The lowest BCUT2D eigenvalue weighted by Gasteiger charge is -2.23. The first-order valence-corrected chi connectivity index (χ1v) is 3.16. The number of hydrogen-bond acceptors (Lipinski definition) is 4. The Hall–Kier alpha value is 0.130. The number of halogens is 1. The van der Waals surface area contributed by atoms with Crippen LogP contribution in [-0.2, 0) is 0 Å². The molecule has 0 radical (unpaired) electrons. The molecule has 5 heteroatoms. The number of hydrazine groups is 1. The van der Waals surface area contributed by atoms with Crippen molar-refractivity contribution in [1.82, 2.24) is 10.9 Å². The highest BCUT2D eigenvalue weighted by molar-refractivity contribution is 5.85. The predicted octanol–water partition coefficient (Wildman–Crippen LogP) is -1.62. The van der Waals surface area contributed by atoms with Crippen LogP contribution < -0.4 is 10.9 Å². The summed E-state index contributed by atoms with van der Waals surface area (Å²) >= 11 is 0. The van der Waals surface area contributed by atoms with E-state index in [4.69, 9.17) is 10.2 Å². The lowest BCUT2D eigenvalue weighted by Crippen LogP contribution is -2.54. The third-order valence-corrected chi connectivity index (χ3v) is 2.14. The van der Waals surface area contributed by atoms with Gasteiger partial charge in [0.1, 0.15) is 0 Å². The van der Waals surface area contributed by atoms with Crippen molar-refractivity contribution in [2.75, 3.05) is 0 Å². The molecule has 1 saturated carbocycles.